The van der Waals surface area contributed by atoms with Gasteiger partial charge in [0.25, 0.3) is 0 Å². The molecule has 1 aromatic carbocycles. The molecule has 1 aliphatic carbocycles. The summed E-state index contributed by atoms with van der Waals surface area (Å²) < 4.78 is 0. The molecule has 0 amide bonds. The van der Waals surface area contributed by atoms with Crippen molar-refractivity contribution in [3.63, 3.8) is 0 Å². The summed E-state index contributed by atoms with van der Waals surface area (Å²) in [5, 5.41) is 0. The maximum atomic E-state index is 5.95. The highest BCUT2D eigenvalue weighted by atomic mass is 14.6. The van der Waals surface area contributed by atoms with Crippen molar-refractivity contribution in [3.8, 4) is 0 Å². The Labute approximate surface area is 73.4 Å². The van der Waals surface area contributed by atoms with E-state index >= 15 is 0 Å². The Balaban J connectivity index is 0.000000720. The molecule has 2 nitrogen and oxygen atoms in total. The molecule has 5 N–H and O–H groups in total. The van der Waals surface area contributed by atoms with Crippen molar-refractivity contribution in [2.75, 3.05) is 0 Å². The van der Waals surface area contributed by atoms with Crippen LogP contribution in [0.1, 0.15) is 30.0 Å². The average molecular weight is 164 g/mol. The lowest BCUT2D eigenvalue weighted by Gasteiger charge is -2.21. The molecule has 2 rings (SSSR count). The fourth-order valence-corrected chi connectivity index (χ4v) is 1.79. The standard InChI is InChI=1S/C10H13N.H3N/c11-10-7-3-5-8-4-1-2-6-9(8)10;/h1-2,4,6,10H,3,5,7,11H2;1H3. The van der Waals surface area contributed by atoms with Crippen LogP contribution in [0.3, 0.4) is 0 Å². The van der Waals surface area contributed by atoms with E-state index in [0.29, 0.717) is 6.04 Å². The van der Waals surface area contributed by atoms with E-state index in [9.17, 15) is 0 Å². The number of fused-ring (bicyclic) bond motifs is 1. The minimum atomic E-state index is 0. The van der Waals surface area contributed by atoms with Crippen LogP contribution in [-0.4, -0.2) is 0 Å². The van der Waals surface area contributed by atoms with Crippen LogP contribution >= 0.6 is 0 Å². The van der Waals surface area contributed by atoms with Crippen molar-refractivity contribution >= 4 is 0 Å². The average Bonchev–Trinajstić information content (AvgIpc) is 2.06. The molecule has 0 heterocycles. The fourth-order valence-electron chi connectivity index (χ4n) is 1.79. The van der Waals surface area contributed by atoms with Crippen molar-refractivity contribution in [2.45, 2.75) is 25.3 Å². The summed E-state index contributed by atoms with van der Waals surface area (Å²) in [6.45, 7) is 0. The molecule has 1 unspecified atom stereocenters. The summed E-state index contributed by atoms with van der Waals surface area (Å²) in [5.74, 6) is 0. The lowest BCUT2D eigenvalue weighted by molar-refractivity contribution is 0.570. The van der Waals surface area contributed by atoms with E-state index in [-0.39, 0.29) is 6.15 Å². The Morgan fingerprint density at radius 1 is 1.25 bits per heavy atom. The Bertz CT molecular complexity index is 258. The Morgan fingerprint density at radius 3 is 2.75 bits per heavy atom. The first-order valence-corrected chi connectivity index (χ1v) is 4.21. The molecule has 0 saturated heterocycles. The van der Waals surface area contributed by atoms with E-state index in [1.165, 1.54) is 24.0 Å². The predicted molar refractivity (Wildman–Crippen MR) is 51.3 cm³/mol. The molecule has 1 aromatic rings. The van der Waals surface area contributed by atoms with Crippen LogP contribution in [0.25, 0.3) is 0 Å². The summed E-state index contributed by atoms with van der Waals surface area (Å²) in [5.41, 5.74) is 8.76. The van der Waals surface area contributed by atoms with Gasteiger partial charge in [-0.25, -0.2) is 0 Å². The zero-order valence-corrected chi connectivity index (χ0v) is 7.29. The lowest BCUT2D eigenvalue weighted by Crippen LogP contribution is -2.16. The van der Waals surface area contributed by atoms with Crippen molar-refractivity contribution in [1.82, 2.24) is 6.15 Å². The van der Waals surface area contributed by atoms with Crippen molar-refractivity contribution in [1.29, 1.82) is 0 Å². The molecule has 1 atom stereocenters. The first kappa shape index (κ1) is 9.23. The number of hydrogen-bond acceptors (Lipinski definition) is 2. The predicted octanol–water partition coefficient (Wildman–Crippen LogP) is 2.18. The third-order valence-corrected chi connectivity index (χ3v) is 2.42. The van der Waals surface area contributed by atoms with Gasteiger partial charge in [-0.3, -0.25) is 0 Å². The van der Waals surface area contributed by atoms with Crippen LogP contribution in [0.5, 0.6) is 0 Å². The van der Waals surface area contributed by atoms with Crippen molar-refractivity contribution < 1.29 is 0 Å². The van der Waals surface area contributed by atoms with E-state index in [1.807, 2.05) is 0 Å². The topological polar surface area (TPSA) is 61.0 Å². The number of rotatable bonds is 0. The Kier molecular flexibility index (Phi) is 2.84. The van der Waals surface area contributed by atoms with Gasteiger partial charge in [0.15, 0.2) is 0 Å². The van der Waals surface area contributed by atoms with Gasteiger partial charge >= 0.3 is 0 Å². The zero-order valence-electron chi connectivity index (χ0n) is 7.29. The third-order valence-electron chi connectivity index (χ3n) is 2.42. The van der Waals surface area contributed by atoms with Gasteiger partial charge < -0.3 is 11.9 Å². The molecule has 2 heteroatoms. The first-order chi connectivity index (χ1) is 5.38. The van der Waals surface area contributed by atoms with Gasteiger partial charge in [-0.1, -0.05) is 24.3 Å². The van der Waals surface area contributed by atoms with Gasteiger partial charge in [0, 0.05) is 6.04 Å². The van der Waals surface area contributed by atoms with Crippen LogP contribution in [0.4, 0.5) is 0 Å². The largest absolute Gasteiger partial charge is 0.344 e. The van der Waals surface area contributed by atoms with Crippen molar-refractivity contribution in [3.05, 3.63) is 35.4 Å². The second-order valence-corrected chi connectivity index (χ2v) is 3.20. The maximum absolute atomic E-state index is 5.95. The number of nitrogens with two attached hydrogens (primary N) is 1. The summed E-state index contributed by atoms with van der Waals surface area (Å²) in [4.78, 5) is 0. The molecule has 0 spiro atoms. The smallest absolute Gasteiger partial charge is 0.0297 e. The molecule has 66 valence electrons. The normalized spacial score (nSPS) is 20.9. The SMILES string of the molecule is N.NC1CCCc2ccccc21. The molecule has 12 heavy (non-hydrogen) atoms. The van der Waals surface area contributed by atoms with Gasteiger partial charge in [-0.2, -0.15) is 0 Å². The molecule has 1 aliphatic rings. The van der Waals surface area contributed by atoms with Crippen LogP contribution in [0.2, 0.25) is 0 Å². The summed E-state index contributed by atoms with van der Waals surface area (Å²) >= 11 is 0. The van der Waals surface area contributed by atoms with Gasteiger partial charge in [-0.05, 0) is 30.4 Å². The Morgan fingerprint density at radius 2 is 2.00 bits per heavy atom. The molecule has 0 radical (unpaired) electrons. The number of hydrogen-bond donors (Lipinski definition) is 2. The van der Waals surface area contributed by atoms with Gasteiger partial charge in [0.2, 0.25) is 0 Å². The molecular weight excluding hydrogens is 148 g/mol. The Hall–Kier alpha value is -0.860. The fraction of sp³-hybridized carbons (Fsp3) is 0.400. The minimum Gasteiger partial charge on any atom is -0.344 e. The van der Waals surface area contributed by atoms with Crippen LogP contribution in [0.15, 0.2) is 24.3 Å². The maximum Gasteiger partial charge on any atom is 0.0297 e. The van der Waals surface area contributed by atoms with Crippen molar-refractivity contribution in [2.24, 2.45) is 5.73 Å². The second kappa shape index (κ2) is 3.70. The van der Waals surface area contributed by atoms with Crippen LogP contribution in [0, 0.1) is 0 Å². The molecule has 0 aliphatic heterocycles. The van der Waals surface area contributed by atoms with Gasteiger partial charge in [-0.15, -0.1) is 0 Å². The lowest BCUT2D eigenvalue weighted by atomic mass is 9.88. The number of benzene rings is 1. The summed E-state index contributed by atoms with van der Waals surface area (Å²) in [6, 6.07) is 8.80. The van der Waals surface area contributed by atoms with Crippen LogP contribution < -0.4 is 11.9 Å². The van der Waals surface area contributed by atoms with E-state index in [2.05, 4.69) is 24.3 Å². The molecule has 0 aromatic heterocycles. The highest BCUT2D eigenvalue weighted by Gasteiger charge is 2.14. The highest BCUT2D eigenvalue weighted by molar-refractivity contribution is 5.31. The van der Waals surface area contributed by atoms with Gasteiger partial charge in [0.1, 0.15) is 0 Å². The van der Waals surface area contributed by atoms with E-state index in [0.717, 1.165) is 6.42 Å². The molecule has 0 saturated carbocycles. The summed E-state index contributed by atoms with van der Waals surface area (Å²) in [6.07, 6.45) is 3.61. The molecule has 0 fully saturated rings. The second-order valence-electron chi connectivity index (χ2n) is 3.20. The third kappa shape index (κ3) is 1.49. The van der Waals surface area contributed by atoms with Gasteiger partial charge in [0.05, 0.1) is 0 Å². The van der Waals surface area contributed by atoms with E-state index in [4.69, 9.17) is 5.73 Å². The van der Waals surface area contributed by atoms with E-state index in [1.54, 1.807) is 0 Å². The quantitative estimate of drug-likeness (QED) is 0.617. The zero-order chi connectivity index (χ0) is 7.68. The highest BCUT2D eigenvalue weighted by Crippen LogP contribution is 2.26. The summed E-state index contributed by atoms with van der Waals surface area (Å²) in [7, 11) is 0. The number of aryl methyl sites for hydroxylation is 1. The molecule has 0 bridgehead atoms. The monoisotopic (exact) mass is 164 g/mol. The van der Waals surface area contributed by atoms with E-state index < -0.39 is 0 Å². The van der Waals surface area contributed by atoms with Crippen LogP contribution in [-0.2, 0) is 6.42 Å². The minimum absolute atomic E-state index is 0. The molecular formula is C10H16N2. The first-order valence-electron chi connectivity index (χ1n) is 4.21.